The SMILES string of the molecule is CCc1c(SC)sc(N)c1-c1ccccc1. The number of rotatable bonds is 3. The Morgan fingerprint density at radius 2 is 1.94 bits per heavy atom. The number of nitrogen functional groups attached to an aromatic ring is 1. The van der Waals surface area contributed by atoms with Gasteiger partial charge in [-0.05, 0) is 23.8 Å². The second-order valence-corrected chi connectivity index (χ2v) is 5.66. The molecule has 0 aliphatic heterocycles. The van der Waals surface area contributed by atoms with E-state index in [1.54, 1.807) is 23.1 Å². The third kappa shape index (κ3) is 1.97. The molecule has 84 valence electrons. The number of benzene rings is 1. The average Bonchev–Trinajstić information content (AvgIpc) is 2.66. The zero-order valence-corrected chi connectivity index (χ0v) is 11.1. The largest absolute Gasteiger partial charge is 0.390 e. The molecule has 0 atom stereocenters. The molecule has 16 heavy (non-hydrogen) atoms. The smallest absolute Gasteiger partial charge is 0.0950 e. The molecule has 0 aliphatic rings. The fourth-order valence-electron chi connectivity index (χ4n) is 1.87. The molecule has 0 saturated heterocycles. The van der Waals surface area contributed by atoms with Gasteiger partial charge in [0.2, 0.25) is 0 Å². The van der Waals surface area contributed by atoms with Crippen molar-refractivity contribution in [1.29, 1.82) is 0 Å². The zero-order chi connectivity index (χ0) is 11.5. The van der Waals surface area contributed by atoms with Crippen molar-refractivity contribution >= 4 is 28.1 Å². The predicted molar refractivity (Wildman–Crippen MR) is 75.3 cm³/mol. The minimum atomic E-state index is 0.937. The van der Waals surface area contributed by atoms with Crippen molar-refractivity contribution < 1.29 is 0 Å². The normalized spacial score (nSPS) is 10.6. The monoisotopic (exact) mass is 249 g/mol. The Hall–Kier alpha value is -0.930. The average molecular weight is 249 g/mol. The first-order valence-corrected chi connectivity index (χ1v) is 7.32. The third-order valence-corrected chi connectivity index (χ3v) is 4.82. The van der Waals surface area contributed by atoms with Crippen LogP contribution in [0.25, 0.3) is 11.1 Å². The van der Waals surface area contributed by atoms with Crippen LogP contribution in [0.1, 0.15) is 12.5 Å². The van der Waals surface area contributed by atoms with E-state index in [2.05, 4.69) is 37.4 Å². The summed E-state index contributed by atoms with van der Waals surface area (Å²) in [6.45, 7) is 2.19. The predicted octanol–water partition coefficient (Wildman–Crippen LogP) is 4.28. The Kier molecular flexibility index (Phi) is 3.56. The molecule has 0 radical (unpaired) electrons. The zero-order valence-electron chi connectivity index (χ0n) is 9.49. The van der Waals surface area contributed by atoms with Crippen LogP contribution in [0.2, 0.25) is 0 Å². The summed E-state index contributed by atoms with van der Waals surface area (Å²) in [5.74, 6) is 0. The molecular weight excluding hydrogens is 234 g/mol. The summed E-state index contributed by atoms with van der Waals surface area (Å²) < 4.78 is 1.35. The lowest BCUT2D eigenvalue weighted by Gasteiger charge is -2.04. The Morgan fingerprint density at radius 3 is 2.50 bits per heavy atom. The Balaban J connectivity index is 2.60. The van der Waals surface area contributed by atoms with Crippen molar-refractivity contribution in [1.82, 2.24) is 0 Å². The molecule has 2 N–H and O–H groups in total. The van der Waals surface area contributed by atoms with Crippen molar-refractivity contribution in [2.45, 2.75) is 17.6 Å². The molecule has 3 heteroatoms. The van der Waals surface area contributed by atoms with E-state index < -0.39 is 0 Å². The van der Waals surface area contributed by atoms with E-state index in [9.17, 15) is 0 Å². The maximum atomic E-state index is 6.13. The number of thiophene rings is 1. The lowest BCUT2D eigenvalue weighted by molar-refractivity contribution is 1.12. The summed E-state index contributed by atoms with van der Waals surface area (Å²) in [5, 5.41) is 0.937. The highest BCUT2D eigenvalue weighted by atomic mass is 32.2. The van der Waals surface area contributed by atoms with Gasteiger partial charge in [-0.3, -0.25) is 0 Å². The molecular formula is C13H15NS2. The van der Waals surface area contributed by atoms with Gasteiger partial charge in [-0.1, -0.05) is 37.3 Å². The molecule has 1 aromatic carbocycles. The topological polar surface area (TPSA) is 26.0 Å². The van der Waals surface area contributed by atoms with Crippen molar-refractivity contribution in [3.63, 3.8) is 0 Å². The molecule has 0 fully saturated rings. The van der Waals surface area contributed by atoms with E-state index in [0.717, 1.165) is 11.4 Å². The summed E-state index contributed by atoms with van der Waals surface area (Å²) in [7, 11) is 0. The molecule has 2 aromatic rings. The molecule has 0 saturated carbocycles. The molecule has 2 rings (SSSR count). The summed E-state index contributed by atoms with van der Waals surface area (Å²) >= 11 is 3.49. The second-order valence-electron chi connectivity index (χ2n) is 3.53. The molecule has 1 aromatic heterocycles. The van der Waals surface area contributed by atoms with Crippen molar-refractivity contribution in [2.75, 3.05) is 12.0 Å². The molecule has 0 bridgehead atoms. The lowest BCUT2D eigenvalue weighted by atomic mass is 10.0. The number of thioether (sulfide) groups is 1. The Bertz CT molecular complexity index is 474. The van der Waals surface area contributed by atoms with Crippen LogP contribution in [-0.2, 0) is 6.42 Å². The van der Waals surface area contributed by atoms with E-state index in [1.807, 2.05) is 6.07 Å². The highest BCUT2D eigenvalue weighted by Crippen LogP contribution is 2.43. The highest BCUT2D eigenvalue weighted by molar-refractivity contribution is 8.00. The van der Waals surface area contributed by atoms with Crippen LogP contribution >= 0.6 is 23.1 Å². The lowest BCUT2D eigenvalue weighted by Crippen LogP contribution is -1.88. The van der Waals surface area contributed by atoms with Gasteiger partial charge in [-0.25, -0.2) is 0 Å². The van der Waals surface area contributed by atoms with E-state index >= 15 is 0 Å². The quantitative estimate of drug-likeness (QED) is 0.822. The highest BCUT2D eigenvalue weighted by Gasteiger charge is 2.15. The van der Waals surface area contributed by atoms with Crippen molar-refractivity contribution in [2.24, 2.45) is 0 Å². The van der Waals surface area contributed by atoms with E-state index in [1.165, 1.54) is 20.9 Å². The number of anilines is 1. The molecule has 0 aliphatic carbocycles. The summed E-state index contributed by atoms with van der Waals surface area (Å²) in [6.07, 6.45) is 3.15. The first kappa shape index (κ1) is 11.6. The number of hydrogen-bond acceptors (Lipinski definition) is 3. The minimum Gasteiger partial charge on any atom is -0.390 e. The maximum Gasteiger partial charge on any atom is 0.0950 e. The first-order chi connectivity index (χ1) is 7.77. The van der Waals surface area contributed by atoms with Gasteiger partial charge < -0.3 is 5.73 Å². The van der Waals surface area contributed by atoms with Gasteiger partial charge in [0.15, 0.2) is 0 Å². The van der Waals surface area contributed by atoms with E-state index in [0.29, 0.717) is 0 Å². The van der Waals surface area contributed by atoms with E-state index in [4.69, 9.17) is 5.73 Å². The van der Waals surface area contributed by atoms with Gasteiger partial charge in [0.1, 0.15) is 0 Å². The second kappa shape index (κ2) is 4.93. The van der Waals surface area contributed by atoms with Crippen LogP contribution < -0.4 is 5.73 Å². The molecule has 1 nitrogen and oxygen atoms in total. The minimum absolute atomic E-state index is 0.937. The van der Waals surface area contributed by atoms with Gasteiger partial charge in [-0.2, -0.15) is 0 Å². The fraction of sp³-hybridized carbons (Fsp3) is 0.231. The van der Waals surface area contributed by atoms with Gasteiger partial charge in [0, 0.05) is 5.56 Å². The third-order valence-electron chi connectivity index (χ3n) is 2.60. The van der Waals surface area contributed by atoms with E-state index in [-0.39, 0.29) is 0 Å². The number of hydrogen-bond donors (Lipinski definition) is 1. The molecule has 0 spiro atoms. The van der Waals surface area contributed by atoms with Gasteiger partial charge >= 0.3 is 0 Å². The first-order valence-electron chi connectivity index (χ1n) is 5.28. The standard InChI is InChI=1S/C13H15NS2/c1-3-10-11(9-7-5-4-6-8-9)12(14)16-13(10)15-2/h4-8H,3,14H2,1-2H3. The van der Waals surface area contributed by atoms with Crippen LogP contribution in [0.5, 0.6) is 0 Å². The van der Waals surface area contributed by atoms with Crippen LogP contribution in [0.3, 0.4) is 0 Å². The van der Waals surface area contributed by atoms with Crippen molar-refractivity contribution in [3.8, 4) is 11.1 Å². The van der Waals surface area contributed by atoms with Gasteiger partial charge in [-0.15, -0.1) is 23.1 Å². The van der Waals surface area contributed by atoms with Crippen LogP contribution in [0.4, 0.5) is 5.00 Å². The Morgan fingerprint density at radius 1 is 1.25 bits per heavy atom. The molecule has 0 unspecified atom stereocenters. The van der Waals surface area contributed by atoms with Gasteiger partial charge in [0.05, 0.1) is 9.21 Å². The van der Waals surface area contributed by atoms with Crippen LogP contribution in [0, 0.1) is 0 Å². The summed E-state index contributed by atoms with van der Waals surface area (Å²) in [4.78, 5) is 0. The van der Waals surface area contributed by atoms with Gasteiger partial charge in [0.25, 0.3) is 0 Å². The number of nitrogens with two attached hydrogens (primary N) is 1. The maximum absolute atomic E-state index is 6.13. The Labute approximate surface area is 105 Å². The fourth-order valence-corrected chi connectivity index (χ4v) is 3.88. The van der Waals surface area contributed by atoms with Crippen LogP contribution in [-0.4, -0.2) is 6.26 Å². The molecule has 1 heterocycles. The van der Waals surface area contributed by atoms with Crippen molar-refractivity contribution in [3.05, 3.63) is 35.9 Å². The molecule has 0 amide bonds. The summed E-state index contributed by atoms with van der Waals surface area (Å²) in [6, 6.07) is 10.4. The summed E-state index contributed by atoms with van der Waals surface area (Å²) in [5.41, 5.74) is 9.98. The van der Waals surface area contributed by atoms with Crippen LogP contribution in [0.15, 0.2) is 34.5 Å².